The zero-order chi connectivity index (χ0) is 17.9. The van der Waals surface area contributed by atoms with Crippen molar-refractivity contribution in [3.63, 3.8) is 0 Å². The first-order chi connectivity index (χ1) is 11.7. The summed E-state index contributed by atoms with van der Waals surface area (Å²) in [7, 11) is 0. The largest absolute Gasteiger partial charge is 0.478 e. The molecule has 0 saturated heterocycles. The van der Waals surface area contributed by atoms with Crippen molar-refractivity contribution in [2.45, 2.75) is 84.0 Å². The summed E-state index contributed by atoms with van der Waals surface area (Å²) in [6, 6.07) is 0. The van der Waals surface area contributed by atoms with Gasteiger partial charge in [-0.25, -0.2) is 4.79 Å². The van der Waals surface area contributed by atoms with Crippen LogP contribution in [-0.4, -0.2) is 11.1 Å². The second kappa shape index (κ2) is 17.8. The highest BCUT2D eigenvalue weighted by Crippen LogP contribution is 2.11. The zero-order valence-electron chi connectivity index (χ0n) is 15.5. The second-order valence-corrected chi connectivity index (χ2v) is 6.32. The lowest BCUT2D eigenvalue weighted by molar-refractivity contribution is -0.132. The molecule has 2 heteroatoms. The number of aliphatic carboxylic acids is 1. The number of carboxylic acids is 1. The molecule has 0 aliphatic heterocycles. The van der Waals surface area contributed by atoms with E-state index >= 15 is 0 Å². The van der Waals surface area contributed by atoms with Crippen LogP contribution in [0.5, 0.6) is 0 Å². The molecule has 0 aromatic carbocycles. The van der Waals surface area contributed by atoms with Crippen molar-refractivity contribution in [2.24, 2.45) is 0 Å². The Balaban J connectivity index is 3.37. The van der Waals surface area contributed by atoms with E-state index in [2.05, 4.69) is 25.7 Å². The number of carbonyl (C=O) groups is 1. The minimum Gasteiger partial charge on any atom is -0.478 e. The predicted octanol–water partition coefficient (Wildman–Crippen LogP) is 7.00. The van der Waals surface area contributed by atoms with Crippen molar-refractivity contribution in [3.8, 4) is 0 Å². The van der Waals surface area contributed by atoms with E-state index in [1.54, 1.807) is 0 Å². The molecule has 0 atom stereocenters. The lowest BCUT2D eigenvalue weighted by Gasteiger charge is -2.01. The highest BCUT2D eigenvalue weighted by atomic mass is 16.4. The van der Waals surface area contributed by atoms with Crippen LogP contribution < -0.4 is 0 Å². The van der Waals surface area contributed by atoms with Crippen LogP contribution in [-0.2, 0) is 4.79 Å². The van der Waals surface area contributed by atoms with Gasteiger partial charge in [0.2, 0.25) is 0 Å². The van der Waals surface area contributed by atoms with Gasteiger partial charge in [-0.3, -0.25) is 0 Å². The fourth-order valence-electron chi connectivity index (χ4n) is 2.43. The van der Waals surface area contributed by atoms with Gasteiger partial charge in [0.1, 0.15) is 0 Å². The first-order valence-corrected chi connectivity index (χ1v) is 9.58. The molecule has 2 nitrogen and oxygen atoms in total. The van der Waals surface area contributed by atoms with Gasteiger partial charge in [0.05, 0.1) is 0 Å². The molecule has 0 radical (unpaired) electrons. The fraction of sp³-hybridized carbons (Fsp3) is 0.591. The average molecular weight is 333 g/mol. The second-order valence-electron chi connectivity index (χ2n) is 6.32. The van der Waals surface area contributed by atoms with E-state index in [1.165, 1.54) is 64.2 Å². The van der Waals surface area contributed by atoms with E-state index in [1.807, 2.05) is 24.3 Å². The number of allylic oxidation sites excluding steroid dienone is 6. The van der Waals surface area contributed by atoms with Gasteiger partial charge in [0.15, 0.2) is 0 Å². The van der Waals surface area contributed by atoms with Crippen molar-refractivity contribution in [1.82, 2.24) is 0 Å². The Hall–Kier alpha value is -1.57. The molecule has 0 bridgehead atoms. The van der Waals surface area contributed by atoms with Crippen LogP contribution in [0, 0.1) is 0 Å². The molecule has 0 spiro atoms. The molecule has 0 rings (SSSR count). The zero-order valence-corrected chi connectivity index (χ0v) is 15.5. The molecule has 0 saturated carbocycles. The summed E-state index contributed by atoms with van der Waals surface area (Å²) in [4.78, 5) is 10.5. The molecule has 24 heavy (non-hydrogen) atoms. The molecule has 0 aliphatic carbocycles. The Bertz CT molecular complexity index is 402. The molecule has 0 fully saturated rings. The Morgan fingerprint density at radius 1 is 0.792 bits per heavy atom. The van der Waals surface area contributed by atoms with Crippen LogP contribution in [0.1, 0.15) is 84.0 Å². The SMILES string of the molecule is C=C(CC=CC=CC=CCCCCCCCCCCCC)C(=O)O. The fourth-order valence-corrected chi connectivity index (χ4v) is 2.43. The highest BCUT2D eigenvalue weighted by molar-refractivity contribution is 5.86. The van der Waals surface area contributed by atoms with Gasteiger partial charge >= 0.3 is 5.97 Å². The molecule has 0 aromatic heterocycles. The number of hydrogen-bond donors (Lipinski definition) is 1. The summed E-state index contributed by atoms with van der Waals surface area (Å²) in [5, 5.41) is 8.65. The Kier molecular flexibility index (Phi) is 16.6. The maximum atomic E-state index is 10.5. The normalized spacial score (nSPS) is 11.9. The molecule has 0 unspecified atom stereocenters. The summed E-state index contributed by atoms with van der Waals surface area (Å²) in [6.07, 6.45) is 27.1. The minimum absolute atomic E-state index is 0.219. The molecular formula is C22H36O2. The molecule has 136 valence electrons. The third kappa shape index (κ3) is 16.8. The van der Waals surface area contributed by atoms with Crippen LogP contribution in [0.15, 0.2) is 48.6 Å². The Labute approximate surface area is 149 Å². The molecule has 0 heterocycles. The van der Waals surface area contributed by atoms with Gasteiger partial charge in [-0.1, -0.05) is 108 Å². The topological polar surface area (TPSA) is 37.3 Å². The summed E-state index contributed by atoms with van der Waals surface area (Å²) in [6.45, 7) is 5.74. The van der Waals surface area contributed by atoms with Crippen LogP contribution in [0.4, 0.5) is 0 Å². The standard InChI is InChI=1S/C22H36O2/c1-3-4-5-6-7-8-9-10-11-12-13-14-15-16-17-18-19-20-21(2)22(23)24/h14-19H,2-13,20H2,1H3,(H,23,24). The first kappa shape index (κ1) is 22.4. The minimum atomic E-state index is -0.931. The maximum absolute atomic E-state index is 10.5. The lowest BCUT2D eigenvalue weighted by Crippen LogP contribution is -1.96. The van der Waals surface area contributed by atoms with Crippen molar-refractivity contribution in [3.05, 3.63) is 48.6 Å². The molecule has 1 N–H and O–H groups in total. The Morgan fingerprint density at radius 3 is 1.83 bits per heavy atom. The predicted molar refractivity (Wildman–Crippen MR) is 105 cm³/mol. The number of hydrogen-bond acceptors (Lipinski definition) is 1. The maximum Gasteiger partial charge on any atom is 0.331 e. The summed E-state index contributed by atoms with van der Waals surface area (Å²) in [5.41, 5.74) is 0.219. The molecule has 0 amide bonds. The lowest BCUT2D eigenvalue weighted by atomic mass is 10.1. The van der Waals surface area contributed by atoms with Crippen molar-refractivity contribution < 1.29 is 9.90 Å². The summed E-state index contributed by atoms with van der Waals surface area (Å²) in [5.74, 6) is -0.931. The van der Waals surface area contributed by atoms with Crippen LogP contribution in [0.2, 0.25) is 0 Å². The van der Waals surface area contributed by atoms with E-state index in [4.69, 9.17) is 5.11 Å². The average Bonchev–Trinajstić information content (AvgIpc) is 2.57. The van der Waals surface area contributed by atoms with Crippen molar-refractivity contribution >= 4 is 5.97 Å². The van der Waals surface area contributed by atoms with E-state index in [9.17, 15) is 4.79 Å². The van der Waals surface area contributed by atoms with Crippen LogP contribution >= 0.6 is 0 Å². The number of carboxylic acid groups (broad SMARTS) is 1. The quantitative estimate of drug-likeness (QED) is 0.188. The van der Waals surface area contributed by atoms with E-state index in [-0.39, 0.29) is 5.57 Å². The van der Waals surface area contributed by atoms with E-state index in [0.717, 1.165) is 6.42 Å². The summed E-state index contributed by atoms with van der Waals surface area (Å²) < 4.78 is 0. The van der Waals surface area contributed by atoms with Gasteiger partial charge in [-0.15, -0.1) is 0 Å². The van der Waals surface area contributed by atoms with Crippen LogP contribution in [0.25, 0.3) is 0 Å². The van der Waals surface area contributed by atoms with Crippen LogP contribution in [0.3, 0.4) is 0 Å². The van der Waals surface area contributed by atoms with Gasteiger partial charge < -0.3 is 5.11 Å². The third-order valence-corrected chi connectivity index (χ3v) is 4.00. The smallest absolute Gasteiger partial charge is 0.331 e. The van der Waals surface area contributed by atoms with Crippen molar-refractivity contribution in [1.29, 1.82) is 0 Å². The number of unbranched alkanes of at least 4 members (excludes halogenated alkanes) is 10. The van der Waals surface area contributed by atoms with Gasteiger partial charge in [0, 0.05) is 5.57 Å². The van der Waals surface area contributed by atoms with E-state index < -0.39 is 5.97 Å². The first-order valence-electron chi connectivity index (χ1n) is 9.58. The molecule has 0 aromatic rings. The Morgan fingerprint density at radius 2 is 1.29 bits per heavy atom. The van der Waals surface area contributed by atoms with Gasteiger partial charge in [-0.05, 0) is 19.3 Å². The highest BCUT2D eigenvalue weighted by Gasteiger charge is 1.98. The summed E-state index contributed by atoms with van der Waals surface area (Å²) >= 11 is 0. The third-order valence-electron chi connectivity index (χ3n) is 4.00. The van der Waals surface area contributed by atoms with Crippen molar-refractivity contribution in [2.75, 3.05) is 0 Å². The molecule has 0 aliphatic rings. The van der Waals surface area contributed by atoms with Gasteiger partial charge in [0.25, 0.3) is 0 Å². The van der Waals surface area contributed by atoms with E-state index in [0.29, 0.717) is 6.42 Å². The number of rotatable bonds is 16. The monoisotopic (exact) mass is 332 g/mol. The molecular weight excluding hydrogens is 296 g/mol. The van der Waals surface area contributed by atoms with Gasteiger partial charge in [-0.2, -0.15) is 0 Å².